The highest BCUT2D eigenvalue weighted by Gasteiger charge is 2.51. The number of aliphatic imine (C=N–C) groups is 2. The fourth-order valence-electron chi connectivity index (χ4n) is 5.53. The summed E-state index contributed by atoms with van der Waals surface area (Å²) >= 11 is 0. The number of aromatic nitrogens is 2. The van der Waals surface area contributed by atoms with Crippen LogP contribution in [0.5, 0.6) is 5.88 Å². The molecule has 0 saturated carbocycles. The molecule has 11 nitrogen and oxygen atoms in total. The number of hydrogen-bond donors (Lipinski definition) is 3. The number of amidine groups is 2. The minimum Gasteiger partial charge on any atom is -0.477 e. The summed E-state index contributed by atoms with van der Waals surface area (Å²) in [6, 6.07) is 2.10. The summed E-state index contributed by atoms with van der Waals surface area (Å²) in [5.41, 5.74) is 11.4. The van der Waals surface area contributed by atoms with E-state index in [1.165, 1.54) is 26.2 Å². The van der Waals surface area contributed by atoms with Crippen molar-refractivity contribution in [3.63, 3.8) is 0 Å². The van der Waals surface area contributed by atoms with Gasteiger partial charge in [0.05, 0.1) is 30.1 Å². The molecule has 288 valence electrons. The van der Waals surface area contributed by atoms with Crippen LogP contribution < -0.4 is 21.9 Å². The Morgan fingerprint density at radius 1 is 0.792 bits per heavy atom. The Morgan fingerprint density at radius 3 is 1.74 bits per heavy atom. The Balaban J connectivity index is 0.000000258. The van der Waals surface area contributed by atoms with E-state index in [9.17, 15) is 48.7 Å². The van der Waals surface area contributed by atoms with Crippen LogP contribution >= 0.6 is 0 Å². The van der Waals surface area contributed by atoms with Crippen molar-refractivity contribution in [2.45, 2.75) is 75.7 Å². The van der Waals surface area contributed by atoms with Crippen molar-refractivity contribution in [1.29, 1.82) is 0 Å². The molecule has 21 heteroatoms. The first-order valence-electron chi connectivity index (χ1n) is 15.3. The second kappa shape index (κ2) is 14.9. The number of rotatable bonds is 7. The molecule has 3 aromatic rings. The van der Waals surface area contributed by atoms with Gasteiger partial charge in [-0.1, -0.05) is 0 Å². The summed E-state index contributed by atoms with van der Waals surface area (Å²) in [7, 11) is 0. The molecule has 1 aromatic heterocycles. The smallest absolute Gasteiger partial charge is 0.425 e. The number of nitrogens with zero attached hydrogens (tertiary/aromatic N) is 4. The summed E-state index contributed by atoms with van der Waals surface area (Å²) in [5, 5.41) is 0. The van der Waals surface area contributed by atoms with Crippen LogP contribution in [-0.2, 0) is 27.0 Å². The summed E-state index contributed by atoms with van der Waals surface area (Å²) < 4.78 is 148. The lowest BCUT2D eigenvalue weighted by Gasteiger charge is -2.36. The SMILES string of the molecule is CCOc1cnc(C(=O)Cc2cc(F)c(F)c([C@]3(C)C[C@@H](C(F)(F)F)OC(N)=N3)c2)cn1.C[C@@]1(c2cc(N)cc(F)c2F)C[C@@H](C(F)(F)F)OC(N)=N1. The van der Waals surface area contributed by atoms with Gasteiger partial charge in [-0.05, 0) is 50.6 Å². The van der Waals surface area contributed by atoms with Gasteiger partial charge >= 0.3 is 12.4 Å². The first-order valence-corrected chi connectivity index (χ1v) is 15.3. The third-order valence-corrected chi connectivity index (χ3v) is 8.01. The molecule has 0 spiro atoms. The van der Waals surface area contributed by atoms with Crippen LogP contribution in [0.1, 0.15) is 60.8 Å². The minimum absolute atomic E-state index is 0.0182. The van der Waals surface area contributed by atoms with Crippen molar-refractivity contribution in [1.82, 2.24) is 9.97 Å². The number of nitrogen functional groups attached to an aromatic ring is 1. The van der Waals surface area contributed by atoms with Gasteiger partial charge in [-0.15, -0.1) is 0 Å². The average molecular weight is 768 g/mol. The molecule has 2 aliphatic heterocycles. The van der Waals surface area contributed by atoms with Gasteiger partial charge in [-0.25, -0.2) is 37.5 Å². The number of ether oxygens (including phenoxy) is 3. The van der Waals surface area contributed by atoms with Crippen molar-refractivity contribution in [3.8, 4) is 5.88 Å². The molecular weight excluding hydrogens is 736 g/mol. The number of benzene rings is 2. The van der Waals surface area contributed by atoms with Crippen molar-refractivity contribution >= 4 is 23.5 Å². The number of nitrogens with two attached hydrogens (primary N) is 3. The van der Waals surface area contributed by atoms with Crippen molar-refractivity contribution in [2.75, 3.05) is 12.3 Å². The number of hydrogen-bond acceptors (Lipinski definition) is 11. The molecule has 6 N–H and O–H groups in total. The van der Waals surface area contributed by atoms with Crippen LogP contribution in [0, 0.1) is 23.3 Å². The number of ketones is 1. The molecule has 0 fully saturated rings. The first kappa shape index (κ1) is 40.4. The van der Waals surface area contributed by atoms with Gasteiger partial charge in [0, 0.05) is 36.1 Å². The molecule has 4 atom stereocenters. The highest BCUT2D eigenvalue weighted by atomic mass is 19.4. The summed E-state index contributed by atoms with van der Waals surface area (Å²) in [6.45, 7) is 4.49. The van der Waals surface area contributed by atoms with Crippen LogP contribution in [0.3, 0.4) is 0 Å². The number of halogens is 10. The highest BCUT2D eigenvalue weighted by molar-refractivity contribution is 5.95. The molecule has 0 aliphatic carbocycles. The quantitative estimate of drug-likeness (QED) is 0.151. The molecule has 0 radical (unpaired) electrons. The third kappa shape index (κ3) is 9.36. The number of carbonyl (C=O) groups is 1. The maximum Gasteiger partial charge on any atom is 0.425 e. The van der Waals surface area contributed by atoms with Crippen molar-refractivity contribution < 1.29 is 62.9 Å². The zero-order valence-electron chi connectivity index (χ0n) is 27.9. The Bertz CT molecular complexity index is 1910. The monoisotopic (exact) mass is 767 g/mol. The lowest BCUT2D eigenvalue weighted by Crippen LogP contribution is -2.46. The average Bonchev–Trinajstić information content (AvgIpc) is 3.03. The topological polar surface area (TPSA) is 173 Å². The molecule has 0 amide bonds. The molecule has 0 saturated heterocycles. The predicted octanol–water partition coefficient (Wildman–Crippen LogP) is 5.89. The molecule has 53 heavy (non-hydrogen) atoms. The lowest BCUT2D eigenvalue weighted by molar-refractivity contribution is -0.208. The minimum atomic E-state index is -4.79. The molecular formula is C32H31F10N7O4. The van der Waals surface area contributed by atoms with E-state index in [4.69, 9.17) is 21.9 Å². The molecule has 2 aliphatic rings. The third-order valence-electron chi connectivity index (χ3n) is 8.01. The molecule has 0 bridgehead atoms. The Labute approximate surface area is 294 Å². The van der Waals surface area contributed by atoms with Gasteiger partial charge in [0.1, 0.15) is 5.69 Å². The fourth-order valence-corrected chi connectivity index (χ4v) is 5.53. The van der Waals surface area contributed by atoms with Crippen LogP contribution in [0.15, 0.2) is 46.6 Å². The van der Waals surface area contributed by atoms with Crippen LogP contribution in [0.25, 0.3) is 0 Å². The van der Waals surface area contributed by atoms with Gasteiger partial charge in [0.25, 0.3) is 12.0 Å². The normalized spacial score (nSPS) is 23.0. The Morgan fingerprint density at radius 2 is 1.28 bits per heavy atom. The highest BCUT2D eigenvalue weighted by Crippen LogP contribution is 2.43. The predicted molar refractivity (Wildman–Crippen MR) is 167 cm³/mol. The molecule has 5 rings (SSSR count). The fraction of sp³-hybridized carbons (Fsp3) is 0.406. The summed E-state index contributed by atoms with van der Waals surface area (Å²) in [4.78, 5) is 27.8. The van der Waals surface area contributed by atoms with Gasteiger partial charge in [0.2, 0.25) is 5.88 Å². The number of alkyl halides is 6. The second-order valence-corrected chi connectivity index (χ2v) is 12.2. The molecule has 2 aromatic carbocycles. The van der Waals surface area contributed by atoms with Gasteiger partial charge in [-0.3, -0.25) is 4.79 Å². The number of Topliss-reactive ketones (excluding diaryl/α,β-unsaturated/α-hetero) is 1. The van der Waals surface area contributed by atoms with E-state index in [0.29, 0.717) is 6.61 Å². The van der Waals surface area contributed by atoms with E-state index in [1.807, 2.05) is 0 Å². The van der Waals surface area contributed by atoms with E-state index < -0.39 is 107 Å². The largest absolute Gasteiger partial charge is 0.477 e. The maximum absolute atomic E-state index is 14.6. The van der Waals surface area contributed by atoms with Crippen LogP contribution in [0.2, 0.25) is 0 Å². The van der Waals surface area contributed by atoms with Crippen LogP contribution in [0.4, 0.5) is 49.6 Å². The molecule has 3 heterocycles. The molecule has 0 unspecified atom stereocenters. The maximum atomic E-state index is 14.6. The van der Waals surface area contributed by atoms with Crippen LogP contribution in [-0.4, -0.2) is 59.0 Å². The van der Waals surface area contributed by atoms with E-state index in [1.54, 1.807) is 6.92 Å². The standard InChI is InChI=1S/C20H19F5N4O3.C12H12F5N3O/c1-3-31-16-9-27-13(8-28-16)14(30)6-10-4-11(17(22)12(21)5-10)19(2)7-15(20(23,24)25)32-18(26)29-19;1-11(6-2-5(18)3-7(13)9(6)14)4-8(12(15,16)17)21-10(19)20-11/h4-5,8-9,15H,3,6-7H2,1-2H3,(H2,26,29);2-3,8H,4,18H2,1H3,(H2,19,20)/t15-,19-;8-,11-/m00/s1. The van der Waals surface area contributed by atoms with E-state index in [2.05, 4.69) is 29.4 Å². The van der Waals surface area contributed by atoms with Crippen molar-refractivity contribution in [3.05, 3.63) is 82.3 Å². The first-order chi connectivity index (χ1) is 24.5. The number of carbonyl (C=O) groups excluding carboxylic acids is 1. The van der Waals surface area contributed by atoms with E-state index >= 15 is 0 Å². The Hall–Kier alpha value is -5.37. The second-order valence-electron chi connectivity index (χ2n) is 12.2. The Kier molecular flexibility index (Phi) is 11.4. The van der Waals surface area contributed by atoms with E-state index in [-0.39, 0.29) is 22.8 Å². The van der Waals surface area contributed by atoms with E-state index in [0.717, 1.165) is 24.3 Å². The number of anilines is 1. The van der Waals surface area contributed by atoms with Gasteiger partial charge in [0.15, 0.2) is 41.3 Å². The van der Waals surface area contributed by atoms with Crippen molar-refractivity contribution in [2.24, 2.45) is 21.5 Å². The lowest BCUT2D eigenvalue weighted by atomic mass is 9.84. The summed E-state index contributed by atoms with van der Waals surface area (Å²) in [6.07, 6.45) is -13.7. The van der Waals surface area contributed by atoms with Gasteiger partial charge < -0.3 is 31.4 Å². The zero-order chi connectivity index (χ0) is 39.7. The summed E-state index contributed by atoms with van der Waals surface area (Å²) in [5.74, 6) is -5.66. The zero-order valence-corrected chi connectivity index (χ0v) is 27.9. The van der Waals surface area contributed by atoms with Gasteiger partial charge in [-0.2, -0.15) is 26.3 Å².